The third-order valence-corrected chi connectivity index (χ3v) is 3.63. The number of hydrogen-bond acceptors (Lipinski definition) is 6. The lowest BCUT2D eigenvalue weighted by molar-refractivity contribution is 0.174. The van der Waals surface area contributed by atoms with Gasteiger partial charge in [-0.05, 0) is 6.54 Å². The smallest absolute Gasteiger partial charge is 0.174 e. The molecule has 4 nitrogen and oxygen atoms in total. The maximum atomic E-state index is 5.12. The van der Waals surface area contributed by atoms with Crippen molar-refractivity contribution in [2.75, 3.05) is 26.0 Å². The van der Waals surface area contributed by atoms with Crippen LogP contribution < -0.4 is 5.32 Å². The van der Waals surface area contributed by atoms with Crippen LogP contribution in [0.3, 0.4) is 0 Å². The molecule has 1 unspecified atom stereocenters. The molecular formula is C8H15N3OS2. The molecule has 0 saturated heterocycles. The summed E-state index contributed by atoms with van der Waals surface area (Å²) < 4.78 is 6.14. The third kappa shape index (κ3) is 4.36. The van der Waals surface area contributed by atoms with Crippen LogP contribution in [0.5, 0.6) is 0 Å². The van der Waals surface area contributed by atoms with E-state index < -0.39 is 0 Å². The number of ether oxygens (including phenoxy) is 1. The minimum absolute atomic E-state index is 0.388. The second-order valence-electron chi connectivity index (χ2n) is 2.73. The first kappa shape index (κ1) is 11.9. The molecule has 1 heterocycles. The van der Waals surface area contributed by atoms with E-state index in [0.717, 1.165) is 23.2 Å². The largest absolute Gasteiger partial charge is 0.383 e. The molecule has 0 aliphatic carbocycles. The standard InChI is InChI=1S/C8H15N3OS2/c1-3-9-7(4-12-2)5-13-8-11-10-6-14-8/h6-7,9H,3-5H2,1-2H3. The Kier molecular flexibility index (Phi) is 6.09. The van der Waals surface area contributed by atoms with Gasteiger partial charge in [0.1, 0.15) is 5.51 Å². The molecule has 6 heteroatoms. The van der Waals surface area contributed by atoms with E-state index >= 15 is 0 Å². The number of nitrogens with one attached hydrogen (secondary N) is 1. The summed E-state index contributed by atoms with van der Waals surface area (Å²) in [5.41, 5.74) is 1.75. The predicted octanol–water partition coefficient (Wildman–Crippen LogP) is 1.25. The van der Waals surface area contributed by atoms with Gasteiger partial charge in [-0.15, -0.1) is 10.2 Å². The first-order valence-electron chi connectivity index (χ1n) is 4.48. The predicted molar refractivity (Wildman–Crippen MR) is 60.0 cm³/mol. The average Bonchev–Trinajstić information content (AvgIpc) is 2.67. The number of thioether (sulfide) groups is 1. The van der Waals surface area contributed by atoms with E-state index in [1.807, 2.05) is 0 Å². The molecule has 1 rings (SSSR count). The topological polar surface area (TPSA) is 47.0 Å². The zero-order valence-electron chi connectivity index (χ0n) is 8.40. The summed E-state index contributed by atoms with van der Waals surface area (Å²) in [5, 5.41) is 11.1. The maximum Gasteiger partial charge on any atom is 0.174 e. The van der Waals surface area contributed by atoms with Gasteiger partial charge < -0.3 is 10.1 Å². The Morgan fingerprint density at radius 2 is 2.57 bits per heavy atom. The number of aromatic nitrogens is 2. The van der Waals surface area contributed by atoms with Crippen molar-refractivity contribution in [2.45, 2.75) is 17.3 Å². The van der Waals surface area contributed by atoms with Gasteiger partial charge in [-0.2, -0.15) is 0 Å². The van der Waals surface area contributed by atoms with Crippen LogP contribution in [-0.4, -0.2) is 42.3 Å². The first-order valence-corrected chi connectivity index (χ1v) is 6.34. The van der Waals surface area contributed by atoms with Gasteiger partial charge in [0.2, 0.25) is 0 Å². The Labute approximate surface area is 92.5 Å². The molecule has 0 aliphatic heterocycles. The first-order chi connectivity index (χ1) is 6.86. The van der Waals surface area contributed by atoms with Gasteiger partial charge in [0.15, 0.2) is 4.34 Å². The van der Waals surface area contributed by atoms with Crippen LogP contribution in [0.4, 0.5) is 0 Å². The van der Waals surface area contributed by atoms with Crippen molar-refractivity contribution in [3.63, 3.8) is 0 Å². The van der Waals surface area contributed by atoms with E-state index in [2.05, 4.69) is 22.4 Å². The van der Waals surface area contributed by atoms with E-state index in [-0.39, 0.29) is 0 Å². The zero-order chi connectivity index (χ0) is 10.2. The van der Waals surface area contributed by atoms with Crippen LogP contribution in [0.25, 0.3) is 0 Å². The molecule has 0 aromatic carbocycles. The maximum absolute atomic E-state index is 5.12. The van der Waals surface area contributed by atoms with E-state index in [9.17, 15) is 0 Å². The lowest BCUT2D eigenvalue weighted by Crippen LogP contribution is -2.35. The fourth-order valence-electron chi connectivity index (χ4n) is 1.05. The monoisotopic (exact) mass is 233 g/mol. The molecule has 0 amide bonds. The number of hydrogen-bond donors (Lipinski definition) is 1. The number of likely N-dealkylation sites (N-methyl/N-ethyl adjacent to an activating group) is 1. The van der Waals surface area contributed by atoms with Crippen LogP contribution in [0.2, 0.25) is 0 Å². The van der Waals surface area contributed by atoms with E-state index in [1.54, 1.807) is 35.7 Å². The highest BCUT2D eigenvalue weighted by Gasteiger charge is 2.08. The molecule has 1 atom stereocenters. The molecule has 1 N–H and O–H groups in total. The summed E-state index contributed by atoms with van der Waals surface area (Å²) in [5.74, 6) is 0.969. The van der Waals surface area contributed by atoms with E-state index in [1.165, 1.54) is 0 Å². The molecule has 1 aromatic rings. The van der Waals surface area contributed by atoms with E-state index in [0.29, 0.717) is 6.04 Å². The second kappa shape index (κ2) is 7.17. The molecule has 80 valence electrons. The van der Waals surface area contributed by atoms with Crippen molar-refractivity contribution in [1.82, 2.24) is 15.5 Å². The Bertz CT molecular complexity index is 225. The minimum Gasteiger partial charge on any atom is -0.383 e. The molecule has 0 radical (unpaired) electrons. The van der Waals surface area contributed by atoms with Crippen molar-refractivity contribution in [3.8, 4) is 0 Å². The van der Waals surface area contributed by atoms with Crippen LogP contribution in [0.1, 0.15) is 6.92 Å². The molecular weight excluding hydrogens is 218 g/mol. The molecule has 0 aliphatic rings. The lowest BCUT2D eigenvalue weighted by atomic mass is 10.3. The van der Waals surface area contributed by atoms with Gasteiger partial charge in [-0.25, -0.2) is 0 Å². The molecule has 0 fully saturated rings. The lowest BCUT2D eigenvalue weighted by Gasteiger charge is -2.15. The van der Waals surface area contributed by atoms with Crippen LogP contribution in [-0.2, 0) is 4.74 Å². The van der Waals surface area contributed by atoms with Gasteiger partial charge >= 0.3 is 0 Å². The summed E-state index contributed by atoms with van der Waals surface area (Å²) in [6.07, 6.45) is 0. The molecule has 0 spiro atoms. The van der Waals surface area contributed by atoms with Gasteiger partial charge in [0.25, 0.3) is 0 Å². The molecule has 0 saturated carbocycles. The van der Waals surface area contributed by atoms with Gasteiger partial charge in [0, 0.05) is 18.9 Å². The van der Waals surface area contributed by atoms with E-state index in [4.69, 9.17) is 4.74 Å². The molecule has 0 bridgehead atoms. The molecule has 14 heavy (non-hydrogen) atoms. The van der Waals surface area contributed by atoms with Crippen molar-refractivity contribution >= 4 is 23.1 Å². The van der Waals surface area contributed by atoms with Crippen LogP contribution >= 0.6 is 23.1 Å². The summed E-state index contributed by atoms with van der Waals surface area (Å²) in [6.45, 7) is 3.79. The van der Waals surface area contributed by atoms with Crippen molar-refractivity contribution in [2.24, 2.45) is 0 Å². The number of methoxy groups -OCH3 is 1. The van der Waals surface area contributed by atoms with Crippen molar-refractivity contribution in [1.29, 1.82) is 0 Å². The summed E-state index contributed by atoms with van der Waals surface area (Å²) in [4.78, 5) is 0. The normalized spacial score (nSPS) is 13.0. The fraction of sp³-hybridized carbons (Fsp3) is 0.750. The summed E-state index contributed by atoms with van der Waals surface area (Å²) >= 11 is 3.29. The highest BCUT2D eigenvalue weighted by Crippen LogP contribution is 2.19. The fourth-order valence-corrected chi connectivity index (χ4v) is 2.60. The Balaban J connectivity index is 2.25. The average molecular weight is 233 g/mol. The summed E-state index contributed by atoms with van der Waals surface area (Å²) in [6, 6.07) is 0.388. The summed E-state index contributed by atoms with van der Waals surface area (Å²) in [7, 11) is 1.72. The Morgan fingerprint density at radius 1 is 1.71 bits per heavy atom. The SMILES string of the molecule is CCNC(COC)CSc1nncs1. The van der Waals surface area contributed by atoms with Crippen LogP contribution in [0, 0.1) is 0 Å². The van der Waals surface area contributed by atoms with Crippen LogP contribution in [0.15, 0.2) is 9.85 Å². The molecule has 1 aromatic heterocycles. The zero-order valence-corrected chi connectivity index (χ0v) is 10.0. The Morgan fingerprint density at radius 3 is 3.14 bits per heavy atom. The van der Waals surface area contributed by atoms with Gasteiger partial charge in [-0.1, -0.05) is 30.0 Å². The van der Waals surface area contributed by atoms with Crippen molar-refractivity contribution in [3.05, 3.63) is 5.51 Å². The van der Waals surface area contributed by atoms with Gasteiger partial charge in [-0.3, -0.25) is 0 Å². The number of nitrogens with zero attached hydrogens (tertiary/aromatic N) is 2. The minimum atomic E-state index is 0.388. The third-order valence-electron chi connectivity index (χ3n) is 1.61. The Hall–Kier alpha value is -0.170. The highest BCUT2D eigenvalue weighted by molar-refractivity contribution is 8.01. The van der Waals surface area contributed by atoms with Gasteiger partial charge in [0.05, 0.1) is 6.61 Å². The highest BCUT2D eigenvalue weighted by atomic mass is 32.2. The second-order valence-corrected chi connectivity index (χ2v) is 4.83. The number of rotatable bonds is 7. The van der Waals surface area contributed by atoms with Crippen molar-refractivity contribution < 1.29 is 4.74 Å². The quantitative estimate of drug-likeness (QED) is 0.718.